The first-order chi connectivity index (χ1) is 17.3. The predicted molar refractivity (Wildman–Crippen MR) is 140 cm³/mol. The molecule has 0 amide bonds. The molecule has 8 heteroatoms. The molecule has 8 atom stereocenters. The fourth-order valence-corrected chi connectivity index (χ4v) is 8.40. The maximum Gasteiger partial charge on any atom is 0.321 e. The van der Waals surface area contributed by atoms with Crippen LogP contribution in [0.1, 0.15) is 60.3 Å². The van der Waals surface area contributed by atoms with E-state index < -0.39 is 17.5 Å². The van der Waals surface area contributed by atoms with Crippen molar-refractivity contribution in [2.75, 3.05) is 18.6 Å². The molecule has 4 rings (SSSR count). The molecule has 0 aromatic rings. The van der Waals surface area contributed by atoms with Crippen LogP contribution in [-0.4, -0.2) is 53.3 Å². The number of esters is 2. The van der Waals surface area contributed by atoms with Crippen LogP contribution in [0.2, 0.25) is 0 Å². The van der Waals surface area contributed by atoms with Gasteiger partial charge in [0.25, 0.3) is 0 Å². The van der Waals surface area contributed by atoms with Crippen LogP contribution < -0.4 is 0 Å². The van der Waals surface area contributed by atoms with Gasteiger partial charge in [0.05, 0.1) is 17.8 Å². The van der Waals surface area contributed by atoms with Crippen LogP contribution in [0.4, 0.5) is 0 Å². The first kappa shape index (κ1) is 28.1. The topological polar surface area (TPSA) is 107 Å². The Kier molecular flexibility index (Phi) is 7.84. The number of ether oxygens (including phenoxy) is 2. The van der Waals surface area contributed by atoms with Crippen molar-refractivity contribution >= 4 is 35.3 Å². The highest BCUT2D eigenvalue weighted by atomic mass is 32.2. The van der Waals surface area contributed by atoms with Crippen molar-refractivity contribution in [3.63, 3.8) is 0 Å². The van der Waals surface area contributed by atoms with E-state index >= 15 is 0 Å². The highest BCUT2D eigenvalue weighted by Crippen LogP contribution is 2.67. The Balaban J connectivity index is 1.62. The molecule has 204 valence electrons. The summed E-state index contributed by atoms with van der Waals surface area (Å²) < 4.78 is 10.7. The average molecular weight is 533 g/mol. The second-order valence-electron chi connectivity index (χ2n) is 12.2. The maximum absolute atomic E-state index is 13.2. The normalized spacial score (nSPS) is 38.6. The van der Waals surface area contributed by atoms with Crippen LogP contribution in [0, 0.1) is 46.3 Å². The number of Topliss-reactive ketones (excluding diaryl/α,β-unsaturated/α-hetero) is 1. The van der Waals surface area contributed by atoms with E-state index in [1.54, 1.807) is 32.3 Å². The zero-order valence-corrected chi connectivity index (χ0v) is 23.6. The summed E-state index contributed by atoms with van der Waals surface area (Å²) in [5, 5.41) is 11.7. The minimum Gasteiger partial charge on any atom is -0.457 e. The van der Waals surface area contributed by atoms with Crippen molar-refractivity contribution in [2.24, 2.45) is 46.3 Å². The summed E-state index contributed by atoms with van der Waals surface area (Å²) in [5.41, 5.74) is -0.0284. The molecule has 0 bridgehead atoms. The summed E-state index contributed by atoms with van der Waals surface area (Å²) in [6.45, 7) is 9.56. The molecule has 0 aliphatic heterocycles. The molecule has 1 N–H and O–H groups in total. The van der Waals surface area contributed by atoms with E-state index in [2.05, 4.69) is 20.8 Å². The zero-order chi connectivity index (χ0) is 27.3. The number of hydrogen-bond donors (Lipinski definition) is 1. The summed E-state index contributed by atoms with van der Waals surface area (Å²) in [6.07, 6.45) is 7.40. The quantitative estimate of drug-likeness (QED) is 0.488. The molecule has 0 spiro atoms. The largest absolute Gasteiger partial charge is 0.457 e. The summed E-state index contributed by atoms with van der Waals surface area (Å²) in [7, 11) is 0. The van der Waals surface area contributed by atoms with E-state index in [1.807, 2.05) is 0 Å². The number of hydrogen-bond acceptors (Lipinski definition) is 8. The smallest absolute Gasteiger partial charge is 0.321 e. The minimum absolute atomic E-state index is 0.0464. The number of rotatable bonds is 7. The average Bonchev–Trinajstić information content (AvgIpc) is 3.15. The molecule has 3 saturated carbocycles. The number of aliphatic hydroxyl groups excluding tert-OH is 1. The van der Waals surface area contributed by atoms with E-state index in [1.165, 1.54) is 11.8 Å². The second-order valence-corrected chi connectivity index (χ2v) is 13.1. The Labute approximate surface area is 223 Å². The van der Waals surface area contributed by atoms with Crippen molar-refractivity contribution < 1.29 is 33.8 Å². The van der Waals surface area contributed by atoms with Crippen molar-refractivity contribution in [2.45, 2.75) is 66.4 Å². The van der Waals surface area contributed by atoms with E-state index in [0.29, 0.717) is 6.42 Å². The van der Waals surface area contributed by atoms with Gasteiger partial charge in [-0.2, -0.15) is 11.8 Å². The number of carbonyl (C=O) groups excluding carboxylic acids is 4. The lowest BCUT2D eigenvalue weighted by atomic mass is 9.45. The van der Waals surface area contributed by atoms with Crippen LogP contribution in [-0.2, 0) is 28.7 Å². The van der Waals surface area contributed by atoms with Gasteiger partial charge < -0.3 is 14.6 Å². The van der Waals surface area contributed by atoms with E-state index in [9.17, 15) is 24.3 Å². The third-order valence-electron chi connectivity index (χ3n) is 9.59. The molecule has 7 nitrogen and oxygen atoms in total. The van der Waals surface area contributed by atoms with Gasteiger partial charge in [-0.15, -0.1) is 0 Å². The Bertz CT molecular complexity index is 1040. The summed E-state index contributed by atoms with van der Waals surface area (Å²) in [6, 6.07) is 0. The number of ketones is 2. The maximum atomic E-state index is 13.2. The minimum atomic E-state index is -0.689. The van der Waals surface area contributed by atoms with Gasteiger partial charge >= 0.3 is 11.9 Å². The molecule has 4 aliphatic rings. The predicted octanol–water partition coefficient (Wildman–Crippen LogP) is 4.13. The lowest BCUT2D eigenvalue weighted by molar-refractivity contribution is -0.156. The van der Waals surface area contributed by atoms with Crippen LogP contribution >= 0.6 is 11.8 Å². The van der Waals surface area contributed by atoms with Crippen LogP contribution in [0.3, 0.4) is 0 Å². The van der Waals surface area contributed by atoms with Crippen molar-refractivity contribution in [1.82, 2.24) is 0 Å². The molecule has 0 aromatic carbocycles. The number of carbonyl (C=O) groups is 4. The van der Waals surface area contributed by atoms with Gasteiger partial charge in [0.2, 0.25) is 5.78 Å². The zero-order valence-electron chi connectivity index (χ0n) is 22.7. The SMILES string of the molecule is CSCC(=O)OC1=C[C@@]2(C)C(=CC1=O)[C@@H](C)C[C@@H]1[C@@H]2[C@@H](O)C[C@]2(C)[C@@H](C(=O)COC(=O)C(C)C)CC[C@@H]12. The van der Waals surface area contributed by atoms with Gasteiger partial charge in [0, 0.05) is 17.3 Å². The molecular formula is C29H40O7S. The van der Waals surface area contributed by atoms with Gasteiger partial charge in [-0.3, -0.25) is 19.2 Å². The number of aliphatic hydroxyl groups is 1. The van der Waals surface area contributed by atoms with Crippen molar-refractivity contribution in [3.8, 4) is 0 Å². The molecule has 4 aliphatic carbocycles. The lowest BCUT2D eigenvalue weighted by Gasteiger charge is -2.60. The highest BCUT2D eigenvalue weighted by Gasteiger charge is 2.63. The van der Waals surface area contributed by atoms with Gasteiger partial charge in [0.15, 0.2) is 11.5 Å². The molecule has 0 radical (unpaired) electrons. The Hall–Kier alpha value is -1.93. The molecule has 0 aromatic heterocycles. The van der Waals surface area contributed by atoms with Crippen molar-refractivity contribution in [3.05, 3.63) is 23.5 Å². The van der Waals surface area contributed by atoms with Gasteiger partial charge in [-0.05, 0) is 67.3 Å². The Morgan fingerprint density at radius 1 is 1.22 bits per heavy atom. The lowest BCUT2D eigenvalue weighted by Crippen LogP contribution is -2.58. The molecule has 0 heterocycles. The van der Waals surface area contributed by atoms with E-state index in [4.69, 9.17) is 9.47 Å². The molecular weight excluding hydrogens is 492 g/mol. The van der Waals surface area contributed by atoms with Crippen LogP contribution in [0.5, 0.6) is 0 Å². The van der Waals surface area contributed by atoms with Gasteiger partial charge in [0.1, 0.15) is 6.61 Å². The fourth-order valence-electron chi connectivity index (χ4n) is 8.11. The second kappa shape index (κ2) is 10.3. The van der Waals surface area contributed by atoms with Crippen LogP contribution in [0.25, 0.3) is 0 Å². The standard InChI is InChI=1S/C29H40O7S/c1-15(2)27(34)35-13-23(32)19-8-7-18-17-9-16(3)20-10-21(30)24(36-25(33)14-37-6)12-29(20,5)26(17)22(31)11-28(18,19)4/h10,12,15-19,22,26,31H,7-9,11,13-14H2,1-6H3/t16-,17-,18-,19+,22-,26+,28-,29-/m0/s1. The Morgan fingerprint density at radius 3 is 2.57 bits per heavy atom. The van der Waals surface area contributed by atoms with Gasteiger partial charge in [-0.1, -0.05) is 40.2 Å². The van der Waals surface area contributed by atoms with E-state index in [0.717, 1.165) is 24.8 Å². The molecule has 0 saturated heterocycles. The Morgan fingerprint density at radius 2 is 1.92 bits per heavy atom. The monoisotopic (exact) mass is 532 g/mol. The summed E-state index contributed by atoms with van der Waals surface area (Å²) in [4.78, 5) is 50.2. The third-order valence-corrected chi connectivity index (χ3v) is 10.1. The third kappa shape index (κ3) is 4.84. The number of fused-ring (bicyclic) bond motifs is 5. The van der Waals surface area contributed by atoms with Gasteiger partial charge in [-0.25, -0.2) is 0 Å². The number of thioether (sulfide) groups is 1. The van der Waals surface area contributed by atoms with E-state index in [-0.39, 0.29) is 76.6 Å². The fraction of sp³-hybridized carbons (Fsp3) is 0.724. The molecule has 3 fully saturated rings. The molecule has 0 unspecified atom stereocenters. The number of allylic oxidation sites excluding steroid dienone is 3. The first-order valence-electron chi connectivity index (χ1n) is 13.4. The highest BCUT2D eigenvalue weighted by molar-refractivity contribution is 7.99. The molecule has 37 heavy (non-hydrogen) atoms. The summed E-state index contributed by atoms with van der Waals surface area (Å²) >= 11 is 1.34. The summed E-state index contributed by atoms with van der Waals surface area (Å²) in [5.74, 6) is -1.21. The first-order valence-corrected chi connectivity index (χ1v) is 14.8. The van der Waals surface area contributed by atoms with Crippen molar-refractivity contribution in [1.29, 1.82) is 0 Å². The van der Waals surface area contributed by atoms with Crippen LogP contribution in [0.15, 0.2) is 23.5 Å².